The van der Waals surface area contributed by atoms with E-state index < -0.39 is 0 Å². The molecule has 0 bridgehead atoms. The lowest BCUT2D eigenvalue weighted by Crippen LogP contribution is -1.96. The number of allylic oxidation sites excluding steroid dienone is 1. The van der Waals surface area contributed by atoms with Crippen molar-refractivity contribution in [2.75, 3.05) is 7.11 Å². The largest absolute Gasteiger partial charge is 0.495 e. The molecular weight excluding hydrogens is 280 g/mol. The fourth-order valence-electron chi connectivity index (χ4n) is 2.70. The molecule has 0 fully saturated rings. The first-order chi connectivity index (χ1) is 11.0. The van der Waals surface area contributed by atoms with Crippen molar-refractivity contribution in [2.45, 2.75) is 27.7 Å². The summed E-state index contributed by atoms with van der Waals surface area (Å²) in [6.07, 6.45) is 2.06. The Bertz CT molecular complexity index is 803. The van der Waals surface area contributed by atoms with E-state index in [0.717, 1.165) is 22.5 Å². The van der Waals surface area contributed by atoms with E-state index in [4.69, 9.17) is 4.74 Å². The van der Waals surface area contributed by atoms with Crippen LogP contribution in [0.2, 0.25) is 0 Å². The van der Waals surface area contributed by atoms with Gasteiger partial charge in [-0.05, 0) is 56.0 Å². The second-order valence-electron chi connectivity index (χ2n) is 5.94. The first kappa shape index (κ1) is 16.9. The maximum Gasteiger partial charge on any atom is 0.135 e. The van der Waals surface area contributed by atoms with Gasteiger partial charge in [0.05, 0.1) is 12.7 Å². The van der Waals surface area contributed by atoms with Gasteiger partial charge in [-0.25, -0.2) is 0 Å². The van der Waals surface area contributed by atoms with Crippen molar-refractivity contribution in [1.82, 2.24) is 0 Å². The number of hydrogen-bond acceptors (Lipinski definition) is 1. The van der Waals surface area contributed by atoms with Crippen LogP contribution in [0, 0.1) is 27.7 Å². The van der Waals surface area contributed by atoms with E-state index in [2.05, 4.69) is 82.5 Å². The zero-order chi connectivity index (χ0) is 17.0. The molecule has 118 valence electrons. The Morgan fingerprint density at radius 3 is 2.22 bits per heavy atom. The number of ether oxygens (including phenoxy) is 1. The van der Waals surface area contributed by atoms with Crippen LogP contribution < -0.4 is 0 Å². The standard InChI is InChI=1S/C22H24O/c1-7-20(21-11-9-15(2)12-18(21)5)22(23-6)14-19-13-16(3)8-10-17(19)4/h8-14H,1H2,2-6H3/b22-14+. The van der Waals surface area contributed by atoms with E-state index in [1.807, 2.05) is 0 Å². The number of methoxy groups -OCH3 is 1. The number of benzene rings is 2. The summed E-state index contributed by atoms with van der Waals surface area (Å²) in [5.41, 5.74) is 11.1. The fourth-order valence-corrected chi connectivity index (χ4v) is 2.70. The highest BCUT2D eigenvalue weighted by atomic mass is 16.5. The third kappa shape index (κ3) is 3.83. The zero-order valence-corrected chi connectivity index (χ0v) is 14.7. The summed E-state index contributed by atoms with van der Waals surface area (Å²) >= 11 is 0. The summed E-state index contributed by atoms with van der Waals surface area (Å²) in [6.45, 7) is 12.3. The van der Waals surface area contributed by atoms with E-state index in [9.17, 15) is 0 Å². The van der Waals surface area contributed by atoms with Gasteiger partial charge in [0.1, 0.15) is 5.76 Å². The molecule has 2 aromatic rings. The van der Waals surface area contributed by atoms with E-state index in [1.54, 1.807) is 7.11 Å². The second kappa shape index (κ2) is 7.17. The van der Waals surface area contributed by atoms with Crippen molar-refractivity contribution in [2.24, 2.45) is 0 Å². The molecule has 0 amide bonds. The minimum absolute atomic E-state index is 0.778. The Morgan fingerprint density at radius 2 is 1.61 bits per heavy atom. The quantitative estimate of drug-likeness (QED) is 0.395. The van der Waals surface area contributed by atoms with Gasteiger partial charge in [-0.1, -0.05) is 54.1 Å². The van der Waals surface area contributed by atoms with Gasteiger partial charge in [0.2, 0.25) is 0 Å². The van der Waals surface area contributed by atoms with Gasteiger partial charge in [-0.3, -0.25) is 0 Å². The molecule has 23 heavy (non-hydrogen) atoms. The summed E-state index contributed by atoms with van der Waals surface area (Å²) in [7, 11) is 1.69. The highest BCUT2D eigenvalue weighted by Crippen LogP contribution is 2.28. The molecular formula is C22H24O. The Kier molecular flexibility index (Phi) is 5.26. The highest BCUT2D eigenvalue weighted by Gasteiger charge is 2.11. The Labute approximate surface area is 139 Å². The van der Waals surface area contributed by atoms with Crippen molar-refractivity contribution >= 4 is 11.6 Å². The first-order valence-corrected chi connectivity index (χ1v) is 7.77. The lowest BCUT2D eigenvalue weighted by molar-refractivity contribution is 0.314. The average Bonchev–Trinajstić information content (AvgIpc) is 2.52. The summed E-state index contributed by atoms with van der Waals surface area (Å²) in [5.74, 6) is 0.778. The summed E-state index contributed by atoms with van der Waals surface area (Å²) in [5, 5.41) is 0. The maximum atomic E-state index is 5.66. The summed E-state index contributed by atoms with van der Waals surface area (Å²) < 4.78 is 5.66. The molecule has 1 heteroatoms. The lowest BCUT2D eigenvalue weighted by Gasteiger charge is -2.13. The van der Waals surface area contributed by atoms with E-state index in [1.165, 1.54) is 22.3 Å². The summed E-state index contributed by atoms with van der Waals surface area (Å²) in [6, 6.07) is 12.8. The molecule has 0 atom stereocenters. The molecule has 2 rings (SSSR count). The molecule has 0 saturated carbocycles. The molecule has 0 saturated heterocycles. The predicted molar refractivity (Wildman–Crippen MR) is 99.4 cm³/mol. The smallest absolute Gasteiger partial charge is 0.135 e. The molecule has 0 unspecified atom stereocenters. The van der Waals surface area contributed by atoms with E-state index in [-0.39, 0.29) is 0 Å². The number of hydrogen-bond donors (Lipinski definition) is 0. The molecule has 0 N–H and O–H groups in total. The van der Waals surface area contributed by atoms with E-state index >= 15 is 0 Å². The van der Waals surface area contributed by atoms with Crippen molar-refractivity contribution in [3.05, 3.63) is 87.8 Å². The first-order valence-electron chi connectivity index (χ1n) is 7.77. The molecule has 0 aliphatic heterocycles. The van der Waals surface area contributed by atoms with Crippen LogP contribution in [0.4, 0.5) is 0 Å². The minimum Gasteiger partial charge on any atom is -0.495 e. The normalized spacial score (nSPS) is 11.1. The second-order valence-corrected chi connectivity index (χ2v) is 5.94. The Balaban J connectivity index is 2.56. The SMILES string of the molecule is C=C=C(/C(=C\c1cc(C)ccc1C)OC)c1ccc(C)cc1C. The van der Waals surface area contributed by atoms with Crippen LogP contribution in [0.1, 0.15) is 33.4 Å². The molecule has 1 nitrogen and oxygen atoms in total. The number of aryl methyl sites for hydroxylation is 4. The molecule has 0 radical (unpaired) electrons. The monoisotopic (exact) mass is 304 g/mol. The maximum absolute atomic E-state index is 5.66. The van der Waals surface area contributed by atoms with Crippen LogP contribution in [0.25, 0.3) is 11.6 Å². The van der Waals surface area contributed by atoms with Crippen LogP contribution in [-0.4, -0.2) is 7.11 Å². The molecule has 0 aliphatic carbocycles. The van der Waals surface area contributed by atoms with Gasteiger partial charge >= 0.3 is 0 Å². The lowest BCUT2D eigenvalue weighted by atomic mass is 9.96. The van der Waals surface area contributed by atoms with E-state index in [0.29, 0.717) is 0 Å². The predicted octanol–water partition coefficient (Wildman–Crippen LogP) is 5.78. The van der Waals surface area contributed by atoms with Crippen LogP contribution in [-0.2, 0) is 4.74 Å². The Hall–Kier alpha value is -2.50. The van der Waals surface area contributed by atoms with Gasteiger partial charge in [-0.2, -0.15) is 0 Å². The van der Waals surface area contributed by atoms with Crippen molar-refractivity contribution in [3.63, 3.8) is 0 Å². The number of rotatable bonds is 4. The topological polar surface area (TPSA) is 9.23 Å². The van der Waals surface area contributed by atoms with Crippen LogP contribution in [0.3, 0.4) is 0 Å². The van der Waals surface area contributed by atoms with Gasteiger partial charge in [0.15, 0.2) is 0 Å². The van der Waals surface area contributed by atoms with Gasteiger partial charge in [0.25, 0.3) is 0 Å². The van der Waals surface area contributed by atoms with Gasteiger partial charge in [0, 0.05) is 0 Å². The third-order valence-corrected chi connectivity index (χ3v) is 4.02. The summed E-state index contributed by atoms with van der Waals surface area (Å²) in [4.78, 5) is 0. The molecule has 0 aromatic heterocycles. The molecule has 2 aromatic carbocycles. The highest BCUT2D eigenvalue weighted by molar-refractivity contribution is 5.83. The van der Waals surface area contributed by atoms with Gasteiger partial charge < -0.3 is 4.74 Å². The fraction of sp³-hybridized carbons (Fsp3) is 0.227. The van der Waals surface area contributed by atoms with Crippen LogP contribution >= 0.6 is 0 Å². The molecule has 0 spiro atoms. The zero-order valence-electron chi connectivity index (χ0n) is 14.7. The van der Waals surface area contributed by atoms with Crippen molar-refractivity contribution in [1.29, 1.82) is 0 Å². The Morgan fingerprint density at radius 1 is 0.957 bits per heavy atom. The molecule has 0 heterocycles. The van der Waals surface area contributed by atoms with Crippen LogP contribution in [0.15, 0.2) is 54.5 Å². The third-order valence-electron chi connectivity index (χ3n) is 4.02. The van der Waals surface area contributed by atoms with Crippen LogP contribution in [0.5, 0.6) is 0 Å². The molecule has 0 aliphatic rings. The minimum atomic E-state index is 0.778. The van der Waals surface area contributed by atoms with Crippen molar-refractivity contribution in [3.8, 4) is 0 Å². The van der Waals surface area contributed by atoms with Gasteiger partial charge in [-0.15, -0.1) is 5.73 Å². The average molecular weight is 304 g/mol. The van der Waals surface area contributed by atoms with Crippen molar-refractivity contribution < 1.29 is 4.74 Å².